The van der Waals surface area contributed by atoms with Crippen LogP contribution in [0.15, 0.2) is 48.5 Å². The fourth-order valence-electron chi connectivity index (χ4n) is 4.88. The van der Waals surface area contributed by atoms with Gasteiger partial charge in [-0.15, -0.1) is 0 Å². The minimum atomic E-state index is -0.601. The third-order valence-electron chi connectivity index (χ3n) is 6.90. The second-order valence-corrected chi connectivity index (χ2v) is 11.3. The SMILES string of the molecule is CCCc1ccc(P(c2cccc(C)c2C)c2cccc(C)c2C)c(CCC)c1CCC. The molecule has 3 aromatic rings. The van der Waals surface area contributed by atoms with Crippen LogP contribution in [-0.4, -0.2) is 0 Å². The summed E-state index contributed by atoms with van der Waals surface area (Å²) in [5.74, 6) is 0. The normalized spacial score (nSPS) is 11.4. The molecule has 0 atom stereocenters. The summed E-state index contributed by atoms with van der Waals surface area (Å²) in [5, 5.41) is 4.64. The Hall–Kier alpha value is -1.91. The highest BCUT2D eigenvalue weighted by atomic mass is 31.1. The molecule has 0 bridgehead atoms. The molecule has 3 rings (SSSR count). The zero-order valence-electron chi connectivity index (χ0n) is 21.3. The fourth-order valence-corrected chi connectivity index (χ4v) is 7.89. The van der Waals surface area contributed by atoms with E-state index in [1.54, 1.807) is 22.0 Å². The van der Waals surface area contributed by atoms with Crippen LogP contribution < -0.4 is 15.9 Å². The van der Waals surface area contributed by atoms with Gasteiger partial charge in [0, 0.05) is 0 Å². The summed E-state index contributed by atoms with van der Waals surface area (Å²) >= 11 is 0. The van der Waals surface area contributed by atoms with Crippen molar-refractivity contribution in [1.29, 1.82) is 0 Å². The Kier molecular flexibility index (Phi) is 8.72. The molecule has 3 aromatic carbocycles. The number of benzene rings is 3. The van der Waals surface area contributed by atoms with Crippen molar-refractivity contribution in [2.75, 3.05) is 0 Å². The largest absolute Gasteiger partial charge is 0.0651 e. The van der Waals surface area contributed by atoms with Gasteiger partial charge >= 0.3 is 0 Å². The van der Waals surface area contributed by atoms with Gasteiger partial charge in [0.1, 0.15) is 0 Å². The van der Waals surface area contributed by atoms with Crippen LogP contribution in [0.3, 0.4) is 0 Å². The molecule has 0 spiro atoms. The van der Waals surface area contributed by atoms with Crippen LogP contribution in [0, 0.1) is 27.7 Å². The lowest BCUT2D eigenvalue weighted by Crippen LogP contribution is -2.28. The summed E-state index contributed by atoms with van der Waals surface area (Å²) < 4.78 is 0. The quantitative estimate of drug-likeness (QED) is 0.299. The van der Waals surface area contributed by atoms with Crippen molar-refractivity contribution in [3.05, 3.63) is 87.5 Å². The van der Waals surface area contributed by atoms with Gasteiger partial charge < -0.3 is 0 Å². The second-order valence-electron chi connectivity index (χ2n) is 9.22. The van der Waals surface area contributed by atoms with E-state index in [9.17, 15) is 0 Å². The first-order chi connectivity index (χ1) is 15.4. The molecule has 0 saturated heterocycles. The van der Waals surface area contributed by atoms with Crippen LogP contribution >= 0.6 is 7.92 Å². The van der Waals surface area contributed by atoms with E-state index in [1.807, 2.05) is 0 Å². The molecule has 0 aliphatic heterocycles. The first kappa shape index (κ1) is 24.7. The third-order valence-corrected chi connectivity index (χ3v) is 9.73. The lowest BCUT2D eigenvalue weighted by molar-refractivity contribution is 0.829. The lowest BCUT2D eigenvalue weighted by Gasteiger charge is -2.29. The lowest BCUT2D eigenvalue weighted by atomic mass is 9.92. The Labute approximate surface area is 198 Å². The summed E-state index contributed by atoms with van der Waals surface area (Å²) in [6, 6.07) is 18.8. The molecule has 0 unspecified atom stereocenters. The van der Waals surface area contributed by atoms with E-state index in [2.05, 4.69) is 97.0 Å². The first-order valence-corrected chi connectivity index (χ1v) is 13.8. The highest BCUT2D eigenvalue weighted by Crippen LogP contribution is 2.39. The summed E-state index contributed by atoms with van der Waals surface area (Å²) in [6.07, 6.45) is 7.18. The van der Waals surface area contributed by atoms with Crippen LogP contribution in [0.5, 0.6) is 0 Å². The topological polar surface area (TPSA) is 0 Å². The van der Waals surface area contributed by atoms with Crippen molar-refractivity contribution in [3.63, 3.8) is 0 Å². The summed E-state index contributed by atoms with van der Waals surface area (Å²) in [6.45, 7) is 16.1. The van der Waals surface area contributed by atoms with Crippen molar-refractivity contribution in [3.8, 4) is 0 Å². The minimum Gasteiger partial charge on any atom is -0.0651 e. The van der Waals surface area contributed by atoms with Crippen molar-refractivity contribution in [2.24, 2.45) is 0 Å². The minimum absolute atomic E-state index is 0.601. The molecule has 0 saturated carbocycles. The van der Waals surface area contributed by atoms with Gasteiger partial charge in [-0.3, -0.25) is 0 Å². The van der Waals surface area contributed by atoms with Gasteiger partial charge in [-0.05, 0) is 110 Å². The first-order valence-electron chi connectivity index (χ1n) is 12.5. The van der Waals surface area contributed by atoms with Crippen LogP contribution in [0.2, 0.25) is 0 Å². The van der Waals surface area contributed by atoms with Crippen LogP contribution in [-0.2, 0) is 19.3 Å². The molecule has 0 aliphatic carbocycles. The number of rotatable bonds is 9. The molecular weight excluding hydrogens is 403 g/mol. The van der Waals surface area contributed by atoms with Crippen molar-refractivity contribution < 1.29 is 0 Å². The van der Waals surface area contributed by atoms with Gasteiger partial charge in [-0.25, -0.2) is 0 Å². The molecular formula is C31H41P. The number of hydrogen-bond donors (Lipinski definition) is 0. The molecule has 0 fully saturated rings. The summed E-state index contributed by atoms with van der Waals surface area (Å²) in [5.41, 5.74) is 10.6. The maximum Gasteiger partial charge on any atom is -0.0116 e. The highest BCUT2D eigenvalue weighted by Gasteiger charge is 2.25. The summed E-state index contributed by atoms with van der Waals surface area (Å²) in [7, 11) is -0.601. The molecule has 0 N–H and O–H groups in total. The number of aryl methyl sites for hydroxylation is 3. The Morgan fingerprint density at radius 2 is 1.03 bits per heavy atom. The smallest absolute Gasteiger partial charge is 0.0116 e. The van der Waals surface area contributed by atoms with Gasteiger partial charge in [0.25, 0.3) is 0 Å². The Morgan fingerprint density at radius 3 is 1.53 bits per heavy atom. The van der Waals surface area contributed by atoms with E-state index in [1.165, 1.54) is 71.4 Å². The van der Waals surface area contributed by atoms with Crippen LogP contribution in [0.4, 0.5) is 0 Å². The average Bonchev–Trinajstić information content (AvgIpc) is 2.77. The standard InChI is InChI=1S/C31H41P/c1-8-13-26-20-21-31(28(15-10-3)27(26)14-9-2)32(29-18-11-16-22(4)24(29)6)30-19-12-17-23(5)25(30)7/h11-12,16-21H,8-10,13-15H2,1-7H3. The third kappa shape index (κ3) is 5.02. The van der Waals surface area contributed by atoms with Crippen molar-refractivity contribution in [1.82, 2.24) is 0 Å². The van der Waals surface area contributed by atoms with Gasteiger partial charge in [0.2, 0.25) is 0 Å². The van der Waals surface area contributed by atoms with Crippen LogP contribution in [0.1, 0.15) is 79.0 Å². The molecule has 32 heavy (non-hydrogen) atoms. The fraction of sp³-hybridized carbons (Fsp3) is 0.419. The van der Waals surface area contributed by atoms with E-state index in [0.29, 0.717) is 0 Å². The molecule has 0 heterocycles. The van der Waals surface area contributed by atoms with Gasteiger partial charge in [-0.1, -0.05) is 88.6 Å². The molecule has 0 nitrogen and oxygen atoms in total. The zero-order chi connectivity index (χ0) is 23.3. The summed E-state index contributed by atoms with van der Waals surface area (Å²) in [4.78, 5) is 0. The van der Waals surface area contributed by atoms with E-state index >= 15 is 0 Å². The highest BCUT2D eigenvalue weighted by molar-refractivity contribution is 7.80. The van der Waals surface area contributed by atoms with Crippen LogP contribution in [0.25, 0.3) is 0 Å². The number of hydrogen-bond acceptors (Lipinski definition) is 0. The predicted octanol–water partition coefficient (Wildman–Crippen LogP) is 7.54. The Morgan fingerprint density at radius 1 is 0.531 bits per heavy atom. The van der Waals surface area contributed by atoms with Crippen molar-refractivity contribution >= 4 is 23.8 Å². The average molecular weight is 445 g/mol. The van der Waals surface area contributed by atoms with E-state index in [4.69, 9.17) is 0 Å². The van der Waals surface area contributed by atoms with Gasteiger partial charge in [-0.2, -0.15) is 0 Å². The van der Waals surface area contributed by atoms with Crippen molar-refractivity contribution in [2.45, 2.75) is 87.0 Å². The molecule has 0 amide bonds. The maximum atomic E-state index is 2.50. The molecule has 0 radical (unpaired) electrons. The van der Waals surface area contributed by atoms with Gasteiger partial charge in [0.05, 0.1) is 0 Å². The van der Waals surface area contributed by atoms with E-state index < -0.39 is 7.92 Å². The monoisotopic (exact) mass is 444 g/mol. The van der Waals surface area contributed by atoms with Gasteiger partial charge in [0.15, 0.2) is 0 Å². The Bertz CT molecular complexity index is 1010. The predicted molar refractivity (Wildman–Crippen MR) is 146 cm³/mol. The Balaban J connectivity index is 2.38. The zero-order valence-corrected chi connectivity index (χ0v) is 22.2. The second kappa shape index (κ2) is 11.3. The van der Waals surface area contributed by atoms with E-state index in [0.717, 1.165) is 0 Å². The molecule has 170 valence electrons. The maximum absolute atomic E-state index is 2.50. The molecule has 0 aromatic heterocycles. The van der Waals surface area contributed by atoms with E-state index in [-0.39, 0.29) is 0 Å². The molecule has 1 heteroatoms. The molecule has 0 aliphatic rings.